The van der Waals surface area contributed by atoms with Crippen molar-refractivity contribution in [2.24, 2.45) is 0 Å². The first-order valence-electron chi connectivity index (χ1n) is 4.46. The summed E-state index contributed by atoms with van der Waals surface area (Å²) in [6.07, 6.45) is -0.0547. The minimum Gasteiger partial charge on any atom is -0.481 e. The summed E-state index contributed by atoms with van der Waals surface area (Å²) in [6.45, 7) is 3.44. The van der Waals surface area contributed by atoms with Crippen LogP contribution < -0.4 is 0 Å². The quantitative estimate of drug-likeness (QED) is 0.757. The molecule has 0 unspecified atom stereocenters. The molecule has 0 spiro atoms. The van der Waals surface area contributed by atoms with E-state index in [1.54, 1.807) is 26.0 Å². The van der Waals surface area contributed by atoms with E-state index in [2.05, 4.69) is 0 Å². The second-order valence-electron chi connectivity index (χ2n) is 3.15. The lowest BCUT2D eigenvalue weighted by Crippen LogP contribution is -1.98. The van der Waals surface area contributed by atoms with Crippen LogP contribution in [0.1, 0.15) is 19.4 Å². The third kappa shape index (κ3) is 8.74. The molecule has 78 valence electrons. The molecule has 0 saturated heterocycles. The maximum Gasteiger partial charge on any atom is 0.307 e. The molecule has 0 heterocycles. The highest BCUT2D eigenvalue weighted by Gasteiger charge is 1.96. The van der Waals surface area contributed by atoms with Crippen molar-refractivity contribution in [2.75, 3.05) is 0 Å². The molecular weight excluding hydrogens is 180 g/mol. The van der Waals surface area contributed by atoms with E-state index >= 15 is 0 Å². The number of rotatable bonds is 2. The highest BCUT2D eigenvalue weighted by molar-refractivity contribution is 5.70. The van der Waals surface area contributed by atoms with E-state index in [1.807, 2.05) is 18.2 Å². The van der Waals surface area contributed by atoms with E-state index < -0.39 is 5.97 Å². The molecule has 0 atom stereocenters. The van der Waals surface area contributed by atoms with Crippen LogP contribution >= 0.6 is 0 Å². The molecule has 1 aromatic carbocycles. The molecule has 1 aromatic rings. The topological polar surface area (TPSA) is 57.5 Å². The molecule has 1 rings (SSSR count). The fourth-order valence-corrected chi connectivity index (χ4v) is 0.770. The fourth-order valence-electron chi connectivity index (χ4n) is 0.770. The van der Waals surface area contributed by atoms with Crippen molar-refractivity contribution in [2.45, 2.75) is 26.4 Å². The third-order valence-electron chi connectivity index (χ3n) is 1.20. The molecule has 0 saturated carbocycles. The Bertz CT molecular complexity index is 252. The number of carboxylic acids is 1. The Morgan fingerprint density at radius 1 is 1.29 bits per heavy atom. The van der Waals surface area contributed by atoms with E-state index in [0.29, 0.717) is 0 Å². The molecular formula is C11H16O3. The fraction of sp³-hybridized carbons (Fsp3) is 0.364. The van der Waals surface area contributed by atoms with Crippen molar-refractivity contribution in [3.8, 4) is 0 Å². The van der Waals surface area contributed by atoms with E-state index in [4.69, 9.17) is 10.2 Å². The summed E-state index contributed by atoms with van der Waals surface area (Å²) in [5.74, 6) is -0.786. The first-order chi connectivity index (χ1) is 6.52. The average Bonchev–Trinajstić information content (AvgIpc) is 2.03. The Hall–Kier alpha value is -1.35. The molecule has 3 nitrogen and oxygen atoms in total. The van der Waals surface area contributed by atoms with Crippen LogP contribution in [0, 0.1) is 0 Å². The maximum absolute atomic E-state index is 10.2. The number of hydrogen-bond donors (Lipinski definition) is 2. The zero-order valence-electron chi connectivity index (χ0n) is 8.47. The zero-order chi connectivity index (χ0) is 11.0. The van der Waals surface area contributed by atoms with Gasteiger partial charge in [0.05, 0.1) is 6.42 Å². The molecule has 0 amide bonds. The predicted molar refractivity (Wildman–Crippen MR) is 55.1 cm³/mol. The summed E-state index contributed by atoms with van der Waals surface area (Å²) >= 11 is 0. The lowest BCUT2D eigenvalue weighted by atomic mass is 10.2. The van der Waals surface area contributed by atoms with Gasteiger partial charge >= 0.3 is 5.97 Å². The van der Waals surface area contributed by atoms with Crippen LogP contribution in [0.15, 0.2) is 30.3 Å². The van der Waals surface area contributed by atoms with Crippen LogP contribution in [0.5, 0.6) is 0 Å². The number of aliphatic hydroxyl groups excluding tert-OH is 1. The highest BCUT2D eigenvalue weighted by Crippen LogP contribution is 1.98. The highest BCUT2D eigenvalue weighted by atomic mass is 16.4. The Labute approximate surface area is 84.0 Å². The van der Waals surface area contributed by atoms with Gasteiger partial charge < -0.3 is 10.2 Å². The van der Waals surface area contributed by atoms with E-state index in [-0.39, 0.29) is 12.5 Å². The molecule has 0 bridgehead atoms. The molecule has 0 fully saturated rings. The Balaban J connectivity index is 0.000000364. The van der Waals surface area contributed by atoms with Gasteiger partial charge in [0.2, 0.25) is 0 Å². The van der Waals surface area contributed by atoms with Crippen molar-refractivity contribution in [3.63, 3.8) is 0 Å². The van der Waals surface area contributed by atoms with Crippen LogP contribution in [-0.4, -0.2) is 22.3 Å². The van der Waals surface area contributed by atoms with Crippen molar-refractivity contribution in [3.05, 3.63) is 35.9 Å². The second-order valence-corrected chi connectivity index (χ2v) is 3.15. The number of hydrogen-bond acceptors (Lipinski definition) is 2. The van der Waals surface area contributed by atoms with Gasteiger partial charge in [-0.05, 0) is 19.4 Å². The van der Waals surface area contributed by atoms with Gasteiger partial charge in [-0.2, -0.15) is 0 Å². The van der Waals surface area contributed by atoms with Crippen molar-refractivity contribution in [1.82, 2.24) is 0 Å². The van der Waals surface area contributed by atoms with E-state index in [1.165, 1.54) is 0 Å². The molecule has 0 aliphatic carbocycles. The Morgan fingerprint density at radius 3 is 2.07 bits per heavy atom. The van der Waals surface area contributed by atoms with Gasteiger partial charge in [-0.1, -0.05) is 30.3 Å². The molecule has 0 aromatic heterocycles. The second kappa shape index (κ2) is 7.09. The smallest absolute Gasteiger partial charge is 0.307 e. The minimum absolute atomic E-state index is 0.112. The third-order valence-corrected chi connectivity index (χ3v) is 1.20. The van der Waals surface area contributed by atoms with Gasteiger partial charge in [0.15, 0.2) is 0 Å². The number of aliphatic hydroxyl groups is 1. The number of carboxylic acid groups (broad SMARTS) is 1. The monoisotopic (exact) mass is 196 g/mol. The van der Waals surface area contributed by atoms with Gasteiger partial charge in [-0.3, -0.25) is 4.79 Å². The predicted octanol–water partition coefficient (Wildman–Crippen LogP) is 1.70. The van der Waals surface area contributed by atoms with Gasteiger partial charge in [-0.25, -0.2) is 0 Å². The Kier molecular flexibility index (Phi) is 6.41. The zero-order valence-corrected chi connectivity index (χ0v) is 8.47. The van der Waals surface area contributed by atoms with Gasteiger partial charge in [0.1, 0.15) is 0 Å². The normalized spacial score (nSPS) is 9.14. The number of aliphatic carboxylic acids is 1. The summed E-state index contributed by atoms with van der Waals surface area (Å²) in [5.41, 5.74) is 0.843. The van der Waals surface area contributed by atoms with Crippen molar-refractivity contribution < 1.29 is 15.0 Å². The minimum atomic E-state index is -0.786. The summed E-state index contributed by atoms with van der Waals surface area (Å²) in [4.78, 5) is 10.2. The molecule has 2 N–H and O–H groups in total. The van der Waals surface area contributed by atoms with Gasteiger partial charge in [0, 0.05) is 6.10 Å². The van der Waals surface area contributed by atoms with Crippen LogP contribution in [0.2, 0.25) is 0 Å². The summed E-state index contributed by atoms with van der Waals surface area (Å²) in [7, 11) is 0. The summed E-state index contributed by atoms with van der Waals surface area (Å²) < 4.78 is 0. The van der Waals surface area contributed by atoms with Crippen LogP contribution in [0.3, 0.4) is 0 Å². The van der Waals surface area contributed by atoms with Crippen LogP contribution in [0.25, 0.3) is 0 Å². The summed E-state index contributed by atoms with van der Waals surface area (Å²) in [5, 5.41) is 16.4. The molecule has 0 aliphatic rings. The maximum atomic E-state index is 10.2. The molecule has 0 aliphatic heterocycles. The van der Waals surface area contributed by atoms with E-state index in [9.17, 15) is 4.79 Å². The largest absolute Gasteiger partial charge is 0.481 e. The van der Waals surface area contributed by atoms with Crippen LogP contribution in [0.4, 0.5) is 0 Å². The average molecular weight is 196 g/mol. The van der Waals surface area contributed by atoms with Crippen molar-refractivity contribution >= 4 is 5.97 Å². The van der Waals surface area contributed by atoms with Gasteiger partial charge in [-0.15, -0.1) is 0 Å². The lowest BCUT2D eigenvalue weighted by Gasteiger charge is -1.92. The molecule has 0 radical (unpaired) electrons. The molecule has 14 heavy (non-hydrogen) atoms. The van der Waals surface area contributed by atoms with Crippen LogP contribution in [-0.2, 0) is 11.2 Å². The van der Waals surface area contributed by atoms with Gasteiger partial charge in [0.25, 0.3) is 0 Å². The number of carbonyl (C=O) groups is 1. The standard InChI is InChI=1S/C8H8O2.C3H8O/c9-8(10)6-7-4-2-1-3-5-7;1-3(2)4/h1-5H,6H2,(H,9,10);3-4H,1-2H3. The Morgan fingerprint density at radius 2 is 1.71 bits per heavy atom. The van der Waals surface area contributed by atoms with Crippen molar-refractivity contribution in [1.29, 1.82) is 0 Å². The SMILES string of the molecule is CC(C)O.O=C(O)Cc1ccccc1. The molecule has 3 heteroatoms. The van der Waals surface area contributed by atoms with E-state index in [0.717, 1.165) is 5.56 Å². The summed E-state index contributed by atoms with van der Waals surface area (Å²) in [6, 6.07) is 9.13. The first kappa shape index (κ1) is 12.7. The number of benzene rings is 1. The lowest BCUT2D eigenvalue weighted by molar-refractivity contribution is -0.136. The first-order valence-corrected chi connectivity index (χ1v) is 4.46.